The van der Waals surface area contributed by atoms with Gasteiger partial charge in [-0.25, -0.2) is 8.78 Å². The molecule has 0 atom stereocenters. The first kappa shape index (κ1) is 18.3. The van der Waals surface area contributed by atoms with Crippen molar-refractivity contribution in [3.63, 3.8) is 0 Å². The van der Waals surface area contributed by atoms with Gasteiger partial charge in [-0.15, -0.1) is 0 Å². The SMILES string of the molecule is CC(C)CCCOc1cc2c(cc1C(F)F)c1ccncc1c(=O)n2C. The van der Waals surface area contributed by atoms with Crippen LogP contribution >= 0.6 is 0 Å². The van der Waals surface area contributed by atoms with Gasteiger partial charge in [0.05, 0.1) is 23.1 Å². The summed E-state index contributed by atoms with van der Waals surface area (Å²) in [6.45, 7) is 4.58. The average molecular weight is 360 g/mol. The van der Waals surface area contributed by atoms with Gasteiger partial charge < -0.3 is 9.30 Å². The Morgan fingerprint density at radius 2 is 1.96 bits per heavy atom. The first-order chi connectivity index (χ1) is 12.4. The number of nitrogens with zero attached hydrogens (tertiary/aromatic N) is 2. The maximum absolute atomic E-state index is 13.6. The Hall–Kier alpha value is -2.50. The van der Waals surface area contributed by atoms with E-state index in [1.165, 1.54) is 16.8 Å². The molecule has 0 aliphatic rings. The van der Waals surface area contributed by atoms with E-state index in [9.17, 15) is 13.6 Å². The van der Waals surface area contributed by atoms with Crippen molar-refractivity contribution in [3.05, 3.63) is 46.5 Å². The highest BCUT2D eigenvalue weighted by molar-refractivity contribution is 6.06. The maximum Gasteiger partial charge on any atom is 0.267 e. The van der Waals surface area contributed by atoms with E-state index >= 15 is 0 Å². The Kier molecular flexibility index (Phi) is 5.20. The summed E-state index contributed by atoms with van der Waals surface area (Å²) in [6, 6.07) is 4.66. The number of hydrogen-bond donors (Lipinski definition) is 0. The van der Waals surface area contributed by atoms with Crippen molar-refractivity contribution in [2.45, 2.75) is 33.1 Å². The number of rotatable bonds is 6. The van der Waals surface area contributed by atoms with Gasteiger partial charge in [0.2, 0.25) is 0 Å². The topological polar surface area (TPSA) is 44.1 Å². The Balaban J connectivity index is 2.14. The predicted octanol–water partition coefficient (Wildman–Crippen LogP) is 4.84. The van der Waals surface area contributed by atoms with Gasteiger partial charge in [0, 0.05) is 30.9 Å². The highest BCUT2D eigenvalue weighted by Gasteiger charge is 2.19. The van der Waals surface area contributed by atoms with Crippen molar-refractivity contribution in [1.29, 1.82) is 0 Å². The van der Waals surface area contributed by atoms with Crippen molar-refractivity contribution in [3.8, 4) is 5.75 Å². The summed E-state index contributed by atoms with van der Waals surface area (Å²) in [4.78, 5) is 16.5. The molecule has 3 aromatic rings. The number of benzene rings is 1. The number of pyridine rings is 2. The molecule has 2 aromatic heterocycles. The number of hydrogen-bond acceptors (Lipinski definition) is 3. The molecular formula is C20H22F2N2O2. The lowest BCUT2D eigenvalue weighted by Gasteiger charge is -2.16. The quantitative estimate of drug-likeness (QED) is 0.467. The predicted molar refractivity (Wildman–Crippen MR) is 99.0 cm³/mol. The summed E-state index contributed by atoms with van der Waals surface area (Å²) >= 11 is 0. The fourth-order valence-corrected chi connectivity index (χ4v) is 3.14. The van der Waals surface area contributed by atoms with Crippen LogP contribution in [-0.2, 0) is 7.05 Å². The Morgan fingerprint density at radius 1 is 1.19 bits per heavy atom. The van der Waals surface area contributed by atoms with Crippen molar-refractivity contribution in [2.24, 2.45) is 13.0 Å². The van der Waals surface area contributed by atoms with Gasteiger partial charge in [-0.2, -0.15) is 0 Å². The lowest BCUT2D eigenvalue weighted by atomic mass is 10.0. The van der Waals surface area contributed by atoms with E-state index in [0.717, 1.165) is 12.8 Å². The third-order valence-electron chi connectivity index (χ3n) is 4.55. The van der Waals surface area contributed by atoms with Gasteiger partial charge in [0.25, 0.3) is 12.0 Å². The van der Waals surface area contributed by atoms with E-state index in [1.54, 1.807) is 25.4 Å². The van der Waals surface area contributed by atoms with Crippen LogP contribution < -0.4 is 10.3 Å². The molecule has 0 saturated heterocycles. The van der Waals surface area contributed by atoms with Crippen LogP contribution in [-0.4, -0.2) is 16.2 Å². The molecule has 0 fully saturated rings. The van der Waals surface area contributed by atoms with Gasteiger partial charge in [0.1, 0.15) is 5.75 Å². The van der Waals surface area contributed by atoms with Gasteiger partial charge in [-0.1, -0.05) is 13.8 Å². The smallest absolute Gasteiger partial charge is 0.267 e. The van der Waals surface area contributed by atoms with E-state index in [0.29, 0.717) is 34.2 Å². The summed E-state index contributed by atoms with van der Waals surface area (Å²) in [6.07, 6.45) is 2.12. The second-order valence-corrected chi connectivity index (χ2v) is 6.88. The molecule has 1 aromatic carbocycles. The van der Waals surface area contributed by atoms with Crippen LogP contribution in [0.25, 0.3) is 21.7 Å². The highest BCUT2D eigenvalue weighted by atomic mass is 19.3. The van der Waals surface area contributed by atoms with Crippen LogP contribution in [0, 0.1) is 5.92 Å². The highest BCUT2D eigenvalue weighted by Crippen LogP contribution is 2.35. The second-order valence-electron chi connectivity index (χ2n) is 6.88. The van der Waals surface area contributed by atoms with Crippen LogP contribution in [0.3, 0.4) is 0 Å². The lowest BCUT2D eigenvalue weighted by molar-refractivity contribution is 0.145. The summed E-state index contributed by atoms with van der Waals surface area (Å²) in [5.74, 6) is 0.672. The molecule has 0 aliphatic heterocycles. The standard InChI is InChI=1S/C20H22F2N2O2/c1-12(2)5-4-8-26-18-10-17-14(9-15(18)19(21)22)13-6-7-23-11-16(13)20(25)24(17)3/h6-7,9-12,19H,4-5,8H2,1-3H3. The molecule has 0 aliphatic carbocycles. The van der Waals surface area contributed by atoms with E-state index in [1.807, 2.05) is 0 Å². The van der Waals surface area contributed by atoms with E-state index in [-0.39, 0.29) is 16.9 Å². The Morgan fingerprint density at radius 3 is 2.65 bits per heavy atom. The molecule has 0 bridgehead atoms. The average Bonchev–Trinajstić information content (AvgIpc) is 2.62. The van der Waals surface area contributed by atoms with Crippen molar-refractivity contribution in [2.75, 3.05) is 6.61 Å². The normalized spacial score (nSPS) is 11.8. The molecule has 4 nitrogen and oxygen atoms in total. The zero-order valence-corrected chi connectivity index (χ0v) is 15.1. The molecule has 6 heteroatoms. The summed E-state index contributed by atoms with van der Waals surface area (Å²) < 4.78 is 34.3. The fourth-order valence-electron chi connectivity index (χ4n) is 3.14. The van der Waals surface area contributed by atoms with Crippen LogP contribution in [0.4, 0.5) is 8.78 Å². The monoisotopic (exact) mass is 360 g/mol. The third kappa shape index (κ3) is 3.41. The molecule has 0 amide bonds. The van der Waals surface area contributed by atoms with Crippen LogP contribution in [0.5, 0.6) is 5.75 Å². The minimum atomic E-state index is -2.66. The number of ether oxygens (including phenoxy) is 1. The van der Waals surface area contributed by atoms with Crippen LogP contribution in [0.15, 0.2) is 35.4 Å². The summed E-state index contributed by atoms with van der Waals surface area (Å²) in [5, 5.41) is 1.62. The summed E-state index contributed by atoms with van der Waals surface area (Å²) in [7, 11) is 1.63. The lowest BCUT2D eigenvalue weighted by Crippen LogP contribution is -2.17. The van der Waals surface area contributed by atoms with E-state index < -0.39 is 6.43 Å². The molecule has 0 N–H and O–H groups in total. The number of alkyl halides is 2. The molecule has 2 heterocycles. The zero-order chi connectivity index (χ0) is 18.8. The number of aryl methyl sites for hydroxylation is 1. The first-order valence-electron chi connectivity index (χ1n) is 8.71. The minimum Gasteiger partial charge on any atom is -0.493 e. The fraction of sp³-hybridized carbons (Fsp3) is 0.400. The van der Waals surface area contributed by atoms with Crippen molar-refractivity contribution >= 4 is 21.7 Å². The Labute approximate surface area is 150 Å². The molecular weight excluding hydrogens is 338 g/mol. The zero-order valence-electron chi connectivity index (χ0n) is 15.1. The van der Waals surface area contributed by atoms with Gasteiger partial charge in [-0.3, -0.25) is 9.78 Å². The summed E-state index contributed by atoms with van der Waals surface area (Å²) in [5.41, 5.74) is 0.201. The minimum absolute atomic E-state index is 0.139. The van der Waals surface area contributed by atoms with Crippen LogP contribution in [0.2, 0.25) is 0 Å². The first-order valence-corrected chi connectivity index (χ1v) is 8.71. The van der Waals surface area contributed by atoms with E-state index in [2.05, 4.69) is 18.8 Å². The molecule has 138 valence electrons. The molecule has 26 heavy (non-hydrogen) atoms. The molecule has 0 unspecified atom stereocenters. The molecule has 0 saturated carbocycles. The van der Waals surface area contributed by atoms with Crippen molar-refractivity contribution in [1.82, 2.24) is 9.55 Å². The number of fused-ring (bicyclic) bond motifs is 3. The van der Waals surface area contributed by atoms with Gasteiger partial charge >= 0.3 is 0 Å². The van der Waals surface area contributed by atoms with Crippen LogP contribution in [0.1, 0.15) is 38.7 Å². The molecule has 0 spiro atoms. The Bertz CT molecular complexity index is 996. The van der Waals surface area contributed by atoms with Gasteiger partial charge in [0.15, 0.2) is 0 Å². The maximum atomic E-state index is 13.6. The largest absolute Gasteiger partial charge is 0.493 e. The third-order valence-corrected chi connectivity index (χ3v) is 4.55. The number of halogens is 2. The molecule has 3 rings (SSSR count). The van der Waals surface area contributed by atoms with E-state index in [4.69, 9.17) is 4.74 Å². The second kappa shape index (κ2) is 7.40. The molecule has 0 radical (unpaired) electrons. The van der Waals surface area contributed by atoms with Crippen molar-refractivity contribution < 1.29 is 13.5 Å². The number of aromatic nitrogens is 2. The van der Waals surface area contributed by atoms with Gasteiger partial charge in [-0.05, 0) is 36.3 Å².